The molecule has 0 spiro atoms. The smallest absolute Gasteiger partial charge is 0.254 e. The summed E-state index contributed by atoms with van der Waals surface area (Å²) < 4.78 is 10.4. The Morgan fingerprint density at radius 1 is 1.29 bits per heavy atom. The van der Waals surface area contributed by atoms with Crippen molar-refractivity contribution in [3.8, 4) is 10.8 Å². The maximum absolute atomic E-state index is 12.9. The second-order valence-electron chi connectivity index (χ2n) is 7.36. The normalized spacial score (nSPS) is 13.1. The molecule has 0 unspecified atom stereocenters. The summed E-state index contributed by atoms with van der Waals surface area (Å²) in [5.41, 5.74) is 2.39. The third-order valence-electron chi connectivity index (χ3n) is 5.09. The van der Waals surface area contributed by atoms with Crippen molar-refractivity contribution in [3.63, 3.8) is 0 Å². The van der Waals surface area contributed by atoms with E-state index >= 15 is 0 Å². The number of aryl methyl sites for hydroxylation is 1. The Hall–Kier alpha value is -2.49. The maximum Gasteiger partial charge on any atom is 0.254 e. The largest absolute Gasteiger partial charge is 0.462 e. The average Bonchev–Trinajstić information content (AvgIpc) is 3.50. The van der Waals surface area contributed by atoms with Gasteiger partial charge in [0.1, 0.15) is 5.00 Å². The predicted octanol–water partition coefficient (Wildman–Crippen LogP) is 4.29. The number of nitrogens with zero attached hydrogens (tertiary/aromatic N) is 1. The zero-order valence-corrected chi connectivity index (χ0v) is 19.0. The SMILES string of the molecule is COCCCNC(=O)c1c(NC(=O)Cc2csc(-c3ccco3)n2)sc2c1CCCC2. The summed E-state index contributed by atoms with van der Waals surface area (Å²) in [5.74, 6) is 0.387. The molecule has 4 rings (SSSR count). The summed E-state index contributed by atoms with van der Waals surface area (Å²) in [4.78, 5) is 31.4. The van der Waals surface area contributed by atoms with Gasteiger partial charge in [0, 0.05) is 30.5 Å². The van der Waals surface area contributed by atoms with Crippen LogP contribution in [0.2, 0.25) is 0 Å². The molecule has 2 amide bonds. The van der Waals surface area contributed by atoms with Crippen LogP contribution in [-0.2, 0) is 28.8 Å². The van der Waals surface area contributed by atoms with Crippen LogP contribution in [0.5, 0.6) is 0 Å². The molecule has 3 aromatic heterocycles. The molecule has 0 aliphatic heterocycles. The van der Waals surface area contributed by atoms with Gasteiger partial charge in [0.2, 0.25) is 5.91 Å². The third kappa shape index (κ3) is 5.23. The average molecular weight is 460 g/mol. The van der Waals surface area contributed by atoms with E-state index in [0.717, 1.165) is 42.7 Å². The molecule has 1 aliphatic carbocycles. The van der Waals surface area contributed by atoms with Crippen molar-refractivity contribution in [2.45, 2.75) is 38.5 Å². The van der Waals surface area contributed by atoms with Crippen molar-refractivity contribution >= 4 is 39.5 Å². The van der Waals surface area contributed by atoms with Crippen LogP contribution >= 0.6 is 22.7 Å². The molecule has 164 valence electrons. The predicted molar refractivity (Wildman–Crippen MR) is 122 cm³/mol. The molecule has 0 aromatic carbocycles. The van der Waals surface area contributed by atoms with Gasteiger partial charge in [-0.2, -0.15) is 0 Å². The molecular formula is C22H25N3O4S2. The van der Waals surface area contributed by atoms with E-state index in [1.54, 1.807) is 13.4 Å². The Morgan fingerprint density at radius 2 is 2.16 bits per heavy atom. The Kier molecular flexibility index (Phi) is 7.16. The molecule has 3 aromatic rings. The Bertz CT molecular complexity index is 1040. The molecule has 31 heavy (non-hydrogen) atoms. The number of hydrogen-bond acceptors (Lipinski definition) is 7. The van der Waals surface area contributed by atoms with Gasteiger partial charge < -0.3 is 19.8 Å². The summed E-state index contributed by atoms with van der Waals surface area (Å²) >= 11 is 2.97. The lowest BCUT2D eigenvalue weighted by Gasteiger charge is -2.13. The first kappa shape index (κ1) is 21.7. The highest BCUT2D eigenvalue weighted by Crippen LogP contribution is 2.38. The molecule has 2 N–H and O–H groups in total. The Balaban J connectivity index is 1.46. The van der Waals surface area contributed by atoms with E-state index in [0.29, 0.717) is 35.2 Å². The lowest BCUT2D eigenvalue weighted by Crippen LogP contribution is -2.27. The number of thiophene rings is 1. The van der Waals surface area contributed by atoms with Crippen LogP contribution in [0.3, 0.4) is 0 Å². The number of nitrogens with one attached hydrogen (secondary N) is 2. The van der Waals surface area contributed by atoms with Gasteiger partial charge in [0.15, 0.2) is 10.8 Å². The third-order valence-corrected chi connectivity index (χ3v) is 7.20. The van der Waals surface area contributed by atoms with Gasteiger partial charge in [0.25, 0.3) is 5.91 Å². The number of fused-ring (bicyclic) bond motifs is 1. The van der Waals surface area contributed by atoms with Crippen LogP contribution in [0.25, 0.3) is 10.8 Å². The fourth-order valence-corrected chi connectivity index (χ4v) is 5.73. The fraction of sp³-hybridized carbons (Fsp3) is 0.409. The zero-order chi connectivity index (χ0) is 21.6. The van der Waals surface area contributed by atoms with Crippen LogP contribution in [-0.4, -0.2) is 37.1 Å². The highest BCUT2D eigenvalue weighted by atomic mass is 32.1. The summed E-state index contributed by atoms with van der Waals surface area (Å²) in [6.07, 6.45) is 6.51. The van der Waals surface area contributed by atoms with Crippen molar-refractivity contribution in [2.24, 2.45) is 0 Å². The van der Waals surface area contributed by atoms with E-state index in [-0.39, 0.29) is 18.2 Å². The minimum Gasteiger partial charge on any atom is -0.462 e. The number of methoxy groups -OCH3 is 1. The first-order chi connectivity index (χ1) is 15.2. The number of thiazole rings is 1. The van der Waals surface area contributed by atoms with Crippen LogP contribution in [0.15, 0.2) is 28.2 Å². The number of rotatable bonds is 9. The van der Waals surface area contributed by atoms with Gasteiger partial charge in [-0.15, -0.1) is 22.7 Å². The molecule has 0 fully saturated rings. The van der Waals surface area contributed by atoms with Gasteiger partial charge in [-0.1, -0.05) is 0 Å². The van der Waals surface area contributed by atoms with Crippen molar-refractivity contribution in [3.05, 3.63) is 45.5 Å². The van der Waals surface area contributed by atoms with E-state index in [1.165, 1.54) is 27.6 Å². The Labute approximate surface area is 188 Å². The monoisotopic (exact) mass is 459 g/mol. The summed E-state index contributed by atoms with van der Waals surface area (Å²) in [7, 11) is 1.64. The Morgan fingerprint density at radius 3 is 2.97 bits per heavy atom. The first-order valence-electron chi connectivity index (χ1n) is 10.4. The standard InChI is InChI=1S/C22H25N3O4S2/c1-28-10-5-9-23-20(27)19-15-6-2-3-8-17(15)31-22(19)25-18(26)12-14-13-30-21(24-14)16-7-4-11-29-16/h4,7,11,13H,2-3,5-6,8-10,12H2,1H3,(H,23,27)(H,25,26). The summed E-state index contributed by atoms with van der Waals surface area (Å²) in [6, 6.07) is 3.65. The number of anilines is 1. The van der Waals surface area contributed by atoms with Crippen molar-refractivity contribution in [1.29, 1.82) is 0 Å². The van der Waals surface area contributed by atoms with E-state index in [2.05, 4.69) is 15.6 Å². The number of carbonyl (C=O) groups is 2. The molecule has 0 saturated heterocycles. The van der Waals surface area contributed by atoms with E-state index in [4.69, 9.17) is 9.15 Å². The lowest BCUT2D eigenvalue weighted by molar-refractivity contribution is -0.115. The van der Waals surface area contributed by atoms with Crippen molar-refractivity contribution < 1.29 is 18.7 Å². The summed E-state index contributed by atoms with van der Waals surface area (Å²) in [6.45, 7) is 1.14. The quantitative estimate of drug-likeness (QED) is 0.466. The molecule has 9 heteroatoms. The number of hydrogen-bond donors (Lipinski definition) is 2. The van der Waals surface area contributed by atoms with E-state index in [9.17, 15) is 9.59 Å². The van der Waals surface area contributed by atoms with Gasteiger partial charge in [-0.3, -0.25) is 9.59 Å². The number of aromatic nitrogens is 1. The molecule has 1 aliphatic rings. The number of ether oxygens (including phenoxy) is 1. The number of furan rings is 1. The maximum atomic E-state index is 12.9. The van der Waals surface area contributed by atoms with Gasteiger partial charge in [-0.05, 0) is 49.8 Å². The number of carbonyl (C=O) groups excluding carboxylic acids is 2. The lowest BCUT2D eigenvalue weighted by atomic mass is 9.95. The fourth-order valence-electron chi connectivity index (χ4n) is 3.64. The highest BCUT2D eigenvalue weighted by Gasteiger charge is 2.26. The number of amides is 2. The van der Waals surface area contributed by atoms with Crippen molar-refractivity contribution in [2.75, 3.05) is 25.6 Å². The van der Waals surface area contributed by atoms with Crippen LogP contribution in [0.4, 0.5) is 5.00 Å². The zero-order valence-electron chi connectivity index (χ0n) is 17.4. The molecule has 0 radical (unpaired) electrons. The van der Waals surface area contributed by atoms with Gasteiger partial charge >= 0.3 is 0 Å². The molecule has 3 heterocycles. The van der Waals surface area contributed by atoms with Gasteiger partial charge in [-0.25, -0.2) is 4.98 Å². The van der Waals surface area contributed by atoms with Crippen LogP contribution < -0.4 is 10.6 Å². The minimum atomic E-state index is -0.177. The first-order valence-corrected chi connectivity index (χ1v) is 12.0. The second-order valence-corrected chi connectivity index (χ2v) is 9.33. The molecular weight excluding hydrogens is 434 g/mol. The highest BCUT2D eigenvalue weighted by molar-refractivity contribution is 7.17. The minimum absolute atomic E-state index is 0.125. The topological polar surface area (TPSA) is 93.5 Å². The summed E-state index contributed by atoms with van der Waals surface area (Å²) in [5, 5.41) is 9.19. The van der Waals surface area contributed by atoms with Crippen LogP contribution in [0.1, 0.15) is 45.8 Å². The van der Waals surface area contributed by atoms with Crippen LogP contribution in [0, 0.1) is 0 Å². The molecule has 0 bridgehead atoms. The van der Waals surface area contributed by atoms with E-state index in [1.807, 2.05) is 17.5 Å². The van der Waals surface area contributed by atoms with E-state index < -0.39 is 0 Å². The van der Waals surface area contributed by atoms with Crippen molar-refractivity contribution in [1.82, 2.24) is 10.3 Å². The molecule has 7 nitrogen and oxygen atoms in total. The molecule has 0 atom stereocenters. The second kappa shape index (κ2) is 10.2. The molecule has 0 saturated carbocycles. The van der Waals surface area contributed by atoms with Gasteiger partial charge in [0.05, 0.1) is 23.9 Å².